The third-order valence-corrected chi connectivity index (χ3v) is 0.508. The Morgan fingerprint density at radius 2 is 2.00 bits per heavy atom. The van der Waals surface area contributed by atoms with Gasteiger partial charge in [0.1, 0.15) is 0 Å². The summed E-state index contributed by atoms with van der Waals surface area (Å²) in [6.45, 7) is 6.94. The van der Waals surface area contributed by atoms with Crippen molar-refractivity contribution in [2.75, 3.05) is 0 Å². The molecule has 0 heterocycles. The summed E-state index contributed by atoms with van der Waals surface area (Å²) in [6, 6.07) is 0. The quantitative estimate of drug-likeness (QED) is 0.495. The summed E-state index contributed by atoms with van der Waals surface area (Å²) in [5.41, 5.74) is 0. The van der Waals surface area contributed by atoms with E-state index in [1.807, 2.05) is 5.82 Å². The van der Waals surface area contributed by atoms with Crippen molar-refractivity contribution in [3.63, 3.8) is 0 Å². The van der Waals surface area contributed by atoms with Gasteiger partial charge in [0, 0.05) is 6.57 Å². The third-order valence-electron chi connectivity index (χ3n) is 0.123. The molecule has 0 spiro atoms. The Labute approximate surface area is 44.8 Å². The molecule has 0 saturated heterocycles. The van der Waals surface area contributed by atoms with Gasteiger partial charge in [-0.3, -0.25) is 0 Å². The van der Waals surface area contributed by atoms with Crippen LogP contribution in [0.4, 0.5) is 0 Å². The van der Waals surface area contributed by atoms with Crippen molar-refractivity contribution in [2.24, 2.45) is 0 Å². The van der Waals surface area contributed by atoms with E-state index in [9.17, 15) is 0 Å². The second kappa shape index (κ2) is 21.8. The third kappa shape index (κ3) is 50.5. The van der Waals surface area contributed by atoms with Crippen molar-refractivity contribution < 1.29 is 15.0 Å². The predicted molar refractivity (Wildman–Crippen MR) is 22.7 cm³/mol. The summed E-state index contributed by atoms with van der Waals surface area (Å²) in [5, 5.41) is 6.50. The van der Waals surface area contributed by atoms with Crippen LogP contribution in [0.15, 0.2) is 11.6 Å². The van der Waals surface area contributed by atoms with Crippen molar-refractivity contribution in [2.45, 2.75) is 5.82 Å². The van der Waals surface area contributed by atoms with Crippen LogP contribution in [0, 0.1) is 11.8 Å². The van der Waals surface area contributed by atoms with Gasteiger partial charge in [0.05, 0.1) is 0 Å². The molecular weight excluding hydrogens is 126 g/mol. The molecule has 0 aliphatic heterocycles. The fourth-order valence-corrected chi connectivity index (χ4v) is 0. The Hall–Kier alpha value is -0.251. The van der Waals surface area contributed by atoms with Crippen LogP contribution in [0.25, 0.3) is 0 Å². The molecule has 0 rings (SSSR count). The zero-order chi connectivity index (χ0) is 5.41. The SMILES string of the molecule is C#N.C=[CH][Cu][CH3]. The fourth-order valence-electron chi connectivity index (χ4n) is 0. The Bertz CT molecular complexity index is 40.1. The summed E-state index contributed by atoms with van der Waals surface area (Å²) in [7, 11) is 0. The minimum absolute atomic E-state index is 1.69. The normalized spacial score (nSPS) is 5.17. The van der Waals surface area contributed by atoms with Crippen LogP contribution in [0.5, 0.6) is 0 Å². The van der Waals surface area contributed by atoms with E-state index in [-0.39, 0.29) is 0 Å². The van der Waals surface area contributed by atoms with Gasteiger partial charge >= 0.3 is 32.3 Å². The summed E-state index contributed by atoms with van der Waals surface area (Å²) in [6.07, 6.45) is 0. The monoisotopic (exact) mass is 132 g/mol. The molecule has 39 valence electrons. The average Bonchev–Trinajstić information content (AvgIpc) is 1.72. The standard InChI is InChI=1S/C2H3.CHN.CH3.Cu/c2*1-2;;/h1H,2H2;1H;1H3;. The van der Waals surface area contributed by atoms with Crippen LogP contribution in [0.2, 0.25) is 5.82 Å². The Balaban J connectivity index is 0. The van der Waals surface area contributed by atoms with E-state index in [4.69, 9.17) is 5.26 Å². The summed E-state index contributed by atoms with van der Waals surface area (Å²) in [4.78, 5) is 1.78. The number of hydrogen-bond donors (Lipinski definition) is 0. The van der Waals surface area contributed by atoms with Gasteiger partial charge in [-0.1, -0.05) is 0 Å². The van der Waals surface area contributed by atoms with Crippen LogP contribution in [-0.2, 0) is 15.0 Å². The van der Waals surface area contributed by atoms with Gasteiger partial charge < -0.3 is 0 Å². The Kier molecular flexibility index (Phi) is 33.5. The molecule has 1 nitrogen and oxygen atoms in total. The average molecular weight is 133 g/mol. The maximum atomic E-state index is 6.50. The molecule has 0 aromatic carbocycles. The Morgan fingerprint density at radius 3 is 2.00 bits per heavy atom. The van der Waals surface area contributed by atoms with E-state index < -0.39 is 0 Å². The first-order valence-electron chi connectivity index (χ1n) is 1.14. The van der Waals surface area contributed by atoms with Gasteiger partial charge in [-0.25, -0.2) is 5.26 Å². The minimum atomic E-state index is 1.69. The molecule has 0 aromatic rings. The molecule has 2 heteroatoms. The number of nitrogens with zero attached hydrogens (tertiary/aromatic N) is 1. The fraction of sp³-hybridized carbons (Fsp3) is 0.250. The van der Waals surface area contributed by atoms with E-state index in [0.29, 0.717) is 0 Å². The van der Waals surface area contributed by atoms with Crippen LogP contribution in [-0.4, -0.2) is 0 Å². The second-order valence-electron chi connectivity index (χ2n) is 0.297. The van der Waals surface area contributed by atoms with Gasteiger partial charge in [-0.2, -0.15) is 0 Å². The molecule has 0 unspecified atom stereocenters. The van der Waals surface area contributed by atoms with Crippen molar-refractivity contribution in [1.82, 2.24) is 0 Å². The second-order valence-corrected chi connectivity index (χ2v) is 1.23. The molecule has 0 aliphatic rings. The zero-order valence-electron chi connectivity index (χ0n) is 3.61. The van der Waals surface area contributed by atoms with Gasteiger partial charge in [-0.15, -0.1) is 0 Å². The van der Waals surface area contributed by atoms with Crippen molar-refractivity contribution >= 4 is 0 Å². The van der Waals surface area contributed by atoms with Crippen LogP contribution in [0.1, 0.15) is 0 Å². The first-order chi connectivity index (χ1) is 2.91. The molecule has 0 amide bonds. The molecule has 0 aliphatic carbocycles. The van der Waals surface area contributed by atoms with E-state index >= 15 is 0 Å². The van der Waals surface area contributed by atoms with Crippen LogP contribution >= 0.6 is 0 Å². The van der Waals surface area contributed by atoms with Crippen molar-refractivity contribution in [3.05, 3.63) is 11.6 Å². The molecule has 0 radical (unpaired) electrons. The first-order valence-corrected chi connectivity index (χ1v) is 2.63. The summed E-state index contributed by atoms with van der Waals surface area (Å²) >= 11 is 1.69. The van der Waals surface area contributed by atoms with Crippen LogP contribution in [0.3, 0.4) is 0 Å². The molecule has 0 bridgehead atoms. The Morgan fingerprint density at radius 1 is 1.83 bits per heavy atom. The molecule has 0 fully saturated rings. The summed E-state index contributed by atoms with van der Waals surface area (Å²) < 4.78 is 0. The van der Waals surface area contributed by atoms with E-state index in [1.165, 1.54) is 0 Å². The molecule has 0 N–H and O–H groups in total. The molecular formula is C4H7CuN. The number of rotatable bonds is 1. The van der Waals surface area contributed by atoms with Gasteiger partial charge in [0.15, 0.2) is 0 Å². The van der Waals surface area contributed by atoms with E-state index in [1.54, 1.807) is 19.9 Å². The van der Waals surface area contributed by atoms with E-state index in [2.05, 4.69) is 13.2 Å². The van der Waals surface area contributed by atoms with Crippen molar-refractivity contribution in [1.29, 1.82) is 5.26 Å². The van der Waals surface area contributed by atoms with Gasteiger partial charge in [-0.05, 0) is 0 Å². The zero-order valence-corrected chi connectivity index (χ0v) is 4.55. The van der Waals surface area contributed by atoms with Gasteiger partial charge in [0.25, 0.3) is 0 Å². The van der Waals surface area contributed by atoms with Gasteiger partial charge in [0.2, 0.25) is 0 Å². The van der Waals surface area contributed by atoms with Crippen LogP contribution < -0.4 is 0 Å². The van der Waals surface area contributed by atoms with E-state index in [0.717, 1.165) is 0 Å². The topological polar surface area (TPSA) is 23.8 Å². The maximum absolute atomic E-state index is 6.50. The molecule has 0 atom stereocenters. The van der Waals surface area contributed by atoms with Crippen molar-refractivity contribution in [3.8, 4) is 6.57 Å². The summed E-state index contributed by atoms with van der Waals surface area (Å²) in [5.74, 6) is 1.97. The molecule has 0 aromatic heterocycles. The molecule has 6 heavy (non-hydrogen) atoms. The number of nitriles is 1. The number of hydrogen-bond acceptors (Lipinski definition) is 1. The predicted octanol–water partition coefficient (Wildman–Crippen LogP) is 1.40. The first kappa shape index (κ1) is 9.23. The molecule has 0 saturated carbocycles.